The molecule has 1 aromatic carbocycles. The number of carbonyl (C=O) groups is 1. The van der Waals surface area contributed by atoms with Gasteiger partial charge in [0.25, 0.3) is 5.91 Å². The third kappa shape index (κ3) is 5.89. The molecule has 1 fully saturated rings. The van der Waals surface area contributed by atoms with E-state index < -0.39 is 0 Å². The van der Waals surface area contributed by atoms with Crippen molar-refractivity contribution in [3.05, 3.63) is 100 Å². The summed E-state index contributed by atoms with van der Waals surface area (Å²) in [7, 11) is 0. The van der Waals surface area contributed by atoms with Crippen LogP contribution in [0.15, 0.2) is 60.9 Å². The fraction of sp³-hybridized carbons (Fsp3) is 0.300. The highest BCUT2D eigenvalue weighted by Crippen LogP contribution is 2.43. The van der Waals surface area contributed by atoms with Gasteiger partial charge >= 0.3 is 0 Å². The maximum atomic E-state index is 12.4. The number of nitrogens with zero attached hydrogens (tertiary/aromatic N) is 7. The van der Waals surface area contributed by atoms with Crippen LogP contribution in [0, 0.1) is 11.3 Å². The number of aromatic nitrogens is 7. The van der Waals surface area contributed by atoms with E-state index in [0.29, 0.717) is 30.3 Å². The number of carbonyl (C=O) groups excluding carboxylic acids is 1. The largest absolute Gasteiger partial charge is 0.345 e. The first-order valence-electron chi connectivity index (χ1n) is 13.6. The number of unbranched alkanes of at least 4 members (excludes halogenated alkanes) is 1. The zero-order chi connectivity index (χ0) is 27.3. The Hall–Kier alpha value is -4.91. The molecule has 0 saturated heterocycles. The van der Waals surface area contributed by atoms with Crippen molar-refractivity contribution >= 4 is 16.9 Å². The van der Waals surface area contributed by atoms with Crippen molar-refractivity contribution < 1.29 is 4.79 Å². The van der Waals surface area contributed by atoms with Gasteiger partial charge in [-0.05, 0) is 85.9 Å². The first kappa shape index (κ1) is 25.4. The molecule has 0 radical (unpaired) electrons. The van der Waals surface area contributed by atoms with Gasteiger partial charge in [-0.25, -0.2) is 0 Å². The van der Waals surface area contributed by atoms with Gasteiger partial charge in [0.05, 0.1) is 35.8 Å². The quantitative estimate of drug-likeness (QED) is 0.243. The Morgan fingerprint density at radius 1 is 1.07 bits per heavy atom. The minimum atomic E-state index is -0.271. The zero-order valence-corrected chi connectivity index (χ0v) is 22.0. The molecule has 10 nitrogen and oxygen atoms in total. The molecule has 0 unspecified atom stereocenters. The molecule has 0 aliphatic heterocycles. The normalized spacial score (nSPS) is 12.9. The number of rotatable bonds is 11. The van der Waals surface area contributed by atoms with Crippen LogP contribution in [-0.2, 0) is 25.9 Å². The fourth-order valence-electron chi connectivity index (χ4n) is 4.95. The van der Waals surface area contributed by atoms with Crippen molar-refractivity contribution in [1.82, 2.24) is 40.5 Å². The van der Waals surface area contributed by atoms with E-state index in [0.717, 1.165) is 53.7 Å². The maximum Gasteiger partial charge on any atom is 0.273 e. The van der Waals surface area contributed by atoms with Gasteiger partial charge in [-0.1, -0.05) is 23.4 Å². The molecule has 1 aliphatic carbocycles. The molecule has 1 saturated carbocycles. The second-order valence-electron chi connectivity index (χ2n) is 10.2. The van der Waals surface area contributed by atoms with Crippen LogP contribution in [0.3, 0.4) is 0 Å². The van der Waals surface area contributed by atoms with E-state index in [1.807, 2.05) is 36.4 Å². The van der Waals surface area contributed by atoms with E-state index in [1.54, 1.807) is 17.1 Å². The van der Waals surface area contributed by atoms with Crippen molar-refractivity contribution in [2.24, 2.45) is 0 Å². The third-order valence-corrected chi connectivity index (χ3v) is 7.17. The first-order chi connectivity index (χ1) is 19.7. The number of amides is 1. The summed E-state index contributed by atoms with van der Waals surface area (Å²) in [6, 6.07) is 17.8. The van der Waals surface area contributed by atoms with Crippen LogP contribution in [0.4, 0.5) is 0 Å². The summed E-state index contributed by atoms with van der Waals surface area (Å²) in [5.74, 6) is 0.282. The van der Waals surface area contributed by atoms with Gasteiger partial charge < -0.3 is 10.3 Å². The molecule has 6 rings (SSSR count). The molecule has 0 spiro atoms. The molecule has 200 valence electrons. The Bertz CT molecular complexity index is 1680. The smallest absolute Gasteiger partial charge is 0.273 e. The number of aromatic amines is 1. The van der Waals surface area contributed by atoms with Crippen molar-refractivity contribution in [3.8, 4) is 6.07 Å². The van der Waals surface area contributed by atoms with Gasteiger partial charge in [0.15, 0.2) is 11.3 Å². The lowest BCUT2D eigenvalue weighted by Gasteiger charge is -2.06. The van der Waals surface area contributed by atoms with E-state index in [4.69, 9.17) is 0 Å². The summed E-state index contributed by atoms with van der Waals surface area (Å²) in [4.78, 5) is 20.1. The van der Waals surface area contributed by atoms with Crippen LogP contribution in [-0.4, -0.2) is 41.1 Å². The Balaban J connectivity index is 1.06. The van der Waals surface area contributed by atoms with Gasteiger partial charge in [-0.2, -0.15) is 10.4 Å². The van der Waals surface area contributed by atoms with E-state index in [9.17, 15) is 10.1 Å². The Morgan fingerprint density at radius 2 is 2.00 bits per heavy atom. The molecular formula is C30H29N9O. The molecule has 0 bridgehead atoms. The minimum Gasteiger partial charge on any atom is -0.345 e. The average Bonchev–Trinajstić information content (AvgIpc) is 3.63. The number of nitriles is 1. The van der Waals surface area contributed by atoms with Crippen LogP contribution in [0.25, 0.3) is 11.0 Å². The van der Waals surface area contributed by atoms with E-state index in [1.165, 1.54) is 24.1 Å². The molecule has 10 heteroatoms. The highest BCUT2D eigenvalue weighted by Gasteiger charge is 2.29. The number of nitrogens with one attached hydrogen (secondary N) is 2. The maximum absolute atomic E-state index is 12.4. The Kier molecular flexibility index (Phi) is 7.26. The Labute approximate surface area is 231 Å². The molecule has 40 heavy (non-hydrogen) atoms. The molecule has 1 aliphatic rings. The highest BCUT2D eigenvalue weighted by atomic mass is 16.2. The van der Waals surface area contributed by atoms with Crippen molar-refractivity contribution in [2.45, 2.75) is 57.5 Å². The number of H-pyrrole nitrogens is 1. The minimum absolute atomic E-state index is 0.271. The number of fused-ring (bicyclic) bond motifs is 1. The molecule has 4 heterocycles. The summed E-state index contributed by atoms with van der Waals surface area (Å²) < 4.78 is 1.70. The second kappa shape index (κ2) is 11.5. The standard InChI is InChI=1S/C30H29N9O/c31-17-21-7-5-6-20(14-21)15-25-26-16-23(35-37-29(26)34-28(25)22-10-11-22)8-2-4-13-39-19-27(36-38-39)30(40)33-18-24-9-1-3-12-32-24/h1,3,5-7,9,12,14,16,19,22H,2,4,8,10-11,13,15,18H2,(H,33,40)(H,34,37). The zero-order valence-electron chi connectivity index (χ0n) is 22.0. The highest BCUT2D eigenvalue weighted by molar-refractivity contribution is 5.91. The van der Waals surface area contributed by atoms with Crippen LogP contribution < -0.4 is 5.32 Å². The monoisotopic (exact) mass is 531 g/mol. The first-order valence-corrected chi connectivity index (χ1v) is 13.6. The van der Waals surface area contributed by atoms with Gasteiger partial charge in [-0.3, -0.25) is 14.5 Å². The second-order valence-corrected chi connectivity index (χ2v) is 10.2. The Morgan fingerprint density at radius 3 is 2.83 bits per heavy atom. The average molecular weight is 532 g/mol. The molecular weight excluding hydrogens is 502 g/mol. The molecule has 1 amide bonds. The third-order valence-electron chi connectivity index (χ3n) is 7.17. The van der Waals surface area contributed by atoms with Gasteiger partial charge in [0, 0.05) is 23.8 Å². The van der Waals surface area contributed by atoms with E-state index in [2.05, 4.69) is 54.0 Å². The number of hydrogen-bond donors (Lipinski definition) is 2. The predicted molar refractivity (Wildman–Crippen MR) is 148 cm³/mol. The van der Waals surface area contributed by atoms with E-state index in [-0.39, 0.29) is 5.91 Å². The lowest BCUT2D eigenvalue weighted by Crippen LogP contribution is -2.23. The number of hydrogen-bond acceptors (Lipinski definition) is 7. The van der Waals surface area contributed by atoms with Crippen LogP contribution in [0.2, 0.25) is 0 Å². The summed E-state index contributed by atoms with van der Waals surface area (Å²) in [6.07, 6.45) is 9.07. The summed E-state index contributed by atoms with van der Waals surface area (Å²) in [5.41, 5.74) is 7.18. The van der Waals surface area contributed by atoms with Crippen LogP contribution in [0.1, 0.15) is 75.9 Å². The topological polar surface area (TPSA) is 138 Å². The molecule has 0 atom stereocenters. The van der Waals surface area contributed by atoms with Crippen LogP contribution in [0.5, 0.6) is 0 Å². The molecule has 2 N–H and O–H groups in total. The molecule has 5 aromatic rings. The van der Waals surface area contributed by atoms with Crippen molar-refractivity contribution in [1.29, 1.82) is 5.26 Å². The van der Waals surface area contributed by atoms with Gasteiger partial charge in [-0.15, -0.1) is 10.2 Å². The number of benzene rings is 1. The van der Waals surface area contributed by atoms with Gasteiger partial charge in [0.2, 0.25) is 0 Å². The summed E-state index contributed by atoms with van der Waals surface area (Å²) >= 11 is 0. The summed E-state index contributed by atoms with van der Waals surface area (Å²) in [5, 5.41) is 30.4. The fourth-order valence-corrected chi connectivity index (χ4v) is 4.95. The van der Waals surface area contributed by atoms with E-state index >= 15 is 0 Å². The molecule has 4 aromatic heterocycles. The van der Waals surface area contributed by atoms with Crippen molar-refractivity contribution in [3.63, 3.8) is 0 Å². The summed E-state index contributed by atoms with van der Waals surface area (Å²) in [6.45, 7) is 1.00. The van der Waals surface area contributed by atoms with Crippen LogP contribution >= 0.6 is 0 Å². The number of pyridine rings is 1. The predicted octanol–water partition coefficient (Wildman–Crippen LogP) is 4.24. The van der Waals surface area contributed by atoms with Gasteiger partial charge in [0.1, 0.15) is 0 Å². The number of aryl methyl sites for hydroxylation is 2. The lowest BCUT2D eigenvalue weighted by atomic mass is 9.99. The van der Waals surface area contributed by atoms with Crippen molar-refractivity contribution in [2.75, 3.05) is 0 Å². The SMILES string of the molecule is N#Cc1cccc(Cc2c(C3CC3)[nH]c3nnc(CCCCn4cc(C(=O)NCc5ccccn5)nn4)cc23)c1. The lowest BCUT2D eigenvalue weighted by molar-refractivity contribution is 0.0945.